The maximum absolute atomic E-state index is 12.9. The molecule has 4 aromatic rings. The fourth-order valence-corrected chi connectivity index (χ4v) is 6.87. The van der Waals surface area contributed by atoms with Crippen LogP contribution in [0.25, 0.3) is 33.6 Å². The molecule has 1 amide bonds. The van der Waals surface area contributed by atoms with Gasteiger partial charge in [0, 0.05) is 67.6 Å². The van der Waals surface area contributed by atoms with Gasteiger partial charge in [-0.25, -0.2) is 22.9 Å². The zero-order valence-electron chi connectivity index (χ0n) is 24.8. The number of hydrogen-bond donors (Lipinski definition) is 2. The molecule has 1 saturated heterocycles. The molecular weight excluding hydrogens is 643 g/mol. The average molecular weight is 674 g/mol. The summed E-state index contributed by atoms with van der Waals surface area (Å²) in [6.45, 7) is 1.66. The first-order valence-electron chi connectivity index (χ1n) is 13.6. The number of likely N-dealkylation sites (tertiary alicyclic amines) is 1. The Kier molecular flexibility index (Phi) is 8.93. The van der Waals surface area contributed by atoms with E-state index in [0.29, 0.717) is 52.9 Å². The van der Waals surface area contributed by atoms with E-state index in [0.717, 1.165) is 21.0 Å². The van der Waals surface area contributed by atoms with E-state index in [9.17, 15) is 22.8 Å². The Hall–Kier alpha value is -4.01. The van der Waals surface area contributed by atoms with Crippen molar-refractivity contribution in [1.29, 1.82) is 0 Å². The minimum Gasteiger partial charge on any atom is -0.481 e. The van der Waals surface area contributed by atoms with Crippen molar-refractivity contribution in [2.45, 2.75) is 12.6 Å². The van der Waals surface area contributed by atoms with Crippen molar-refractivity contribution >= 4 is 39.1 Å². The number of rotatable bonds is 9. The first kappa shape index (κ1) is 32.4. The number of carbonyl (C=O) groups is 1. The highest BCUT2D eigenvalue weighted by Gasteiger charge is 2.30. The first-order chi connectivity index (χ1) is 21.2. The average Bonchev–Trinajstić information content (AvgIpc) is 2.96. The third-order valence-electron chi connectivity index (χ3n) is 7.59. The molecule has 236 valence electrons. The van der Waals surface area contributed by atoms with Crippen molar-refractivity contribution in [3.8, 4) is 39.5 Å². The molecule has 0 aliphatic carbocycles. The van der Waals surface area contributed by atoms with E-state index in [4.69, 9.17) is 38.7 Å². The lowest BCUT2D eigenvalue weighted by Crippen LogP contribution is -2.58. The Balaban J connectivity index is 1.51. The van der Waals surface area contributed by atoms with Crippen LogP contribution in [0.15, 0.2) is 58.1 Å². The van der Waals surface area contributed by atoms with E-state index >= 15 is 0 Å². The van der Waals surface area contributed by atoms with Gasteiger partial charge in [-0.15, -0.1) is 0 Å². The second-order valence-corrected chi connectivity index (χ2v) is 13.3. The quantitative estimate of drug-likeness (QED) is 0.275. The molecule has 45 heavy (non-hydrogen) atoms. The van der Waals surface area contributed by atoms with Gasteiger partial charge in [0.1, 0.15) is 5.56 Å². The molecular formula is C30H30Cl2N6O6S. The van der Waals surface area contributed by atoms with Crippen molar-refractivity contribution < 1.29 is 17.9 Å². The van der Waals surface area contributed by atoms with E-state index < -0.39 is 27.2 Å². The largest absolute Gasteiger partial charge is 0.481 e. The van der Waals surface area contributed by atoms with Crippen molar-refractivity contribution in [2.24, 2.45) is 19.8 Å². The molecule has 0 atom stereocenters. The Morgan fingerprint density at radius 2 is 1.56 bits per heavy atom. The van der Waals surface area contributed by atoms with Gasteiger partial charge >= 0.3 is 5.69 Å². The molecule has 3 N–H and O–H groups in total. The number of methoxy groups -OCH3 is 1. The number of nitrogens with two attached hydrogens (primary N) is 1. The van der Waals surface area contributed by atoms with E-state index in [-0.39, 0.29) is 27.9 Å². The lowest BCUT2D eigenvalue weighted by molar-refractivity contribution is 0.0998. The van der Waals surface area contributed by atoms with Gasteiger partial charge in [-0.2, -0.15) is 0 Å². The van der Waals surface area contributed by atoms with Crippen molar-refractivity contribution in [3.05, 3.63) is 90.5 Å². The number of primary amides is 1. The summed E-state index contributed by atoms with van der Waals surface area (Å²) in [7, 11) is 0.942. The van der Waals surface area contributed by atoms with Gasteiger partial charge in [0.15, 0.2) is 0 Å². The Morgan fingerprint density at radius 3 is 2.13 bits per heavy atom. The van der Waals surface area contributed by atoms with Crippen LogP contribution in [-0.2, 0) is 30.7 Å². The number of aromatic nitrogens is 3. The van der Waals surface area contributed by atoms with Crippen molar-refractivity contribution in [2.75, 3.05) is 26.5 Å². The van der Waals surface area contributed by atoms with Gasteiger partial charge in [0.05, 0.1) is 34.8 Å². The number of nitrogens with one attached hydrogen (secondary N) is 1. The number of hydrogen-bond acceptors (Lipinski definition) is 8. The second-order valence-electron chi connectivity index (χ2n) is 10.8. The predicted octanol–water partition coefficient (Wildman–Crippen LogP) is 2.63. The van der Waals surface area contributed by atoms with Crippen LogP contribution in [0, 0.1) is 0 Å². The van der Waals surface area contributed by atoms with Gasteiger partial charge in [-0.3, -0.25) is 23.6 Å². The highest BCUT2D eigenvalue weighted by Crippen LogP contribution is 2.42. The van der Waals surface area contributed by atoms with Crippen LogP contribution in [0.3, 0.4) is 0 Å². The lowest BCUT2D eigenvalue weighted by Gasteiger charge is -2.39. The first-order valence-corrected chi connectivity index (χ1v) is 16.3. The van der Waals surface area contributed by atoms with E-state index in [1.165, 1.54) is 21.2 Å². The Morgan fingerprint density at radius 1 is 0.978 bits per heavy atom. The lowest BCUT2D eigenvalue weighted by atomic mass is 9.97. The van der Waals surface area contributed by atoms with E-state index in [1.54, 1.807) is 36.4 Å². The summed E-state index contributed by atoms with van der Waals surface area (Å²) in [5, 5.41) is 0.491. The fraction of sp³-hybridized carbons (Fsp3) is 0.267. The molecule has 12 nitrogen and oxygen atoms in total. The minimum absolute atomic E-state index is 0.00246. The summed E-state index contributed by atoms with van der Waals surface area (Å²) in [5.74, 6) is -0.593. The molecule has 5 rings (SSSR count). The number of benzene rings is 2. The molecule has 2 aromatic carbocycles. The van der Waals surface area contributed by atoms with Gasteiger partial charge in [-0.05, 0) is 6.07 Å². The maximum Gasteiger partial charge on any atom is 0.330 e. The molecule has 0 radical (unpaired) electrons. The number of sulfonamides is 1. The summed E-state index contributed by atoms with van der Waals surface area (Å²) < 4.78 is 33.1. The molecule has 2 aromatic heterocycles. The van der Waals surface area contributed by atoms with Gasteiger partial charge < -0.3 is 10.5 Å². The Bertz CT molecular complexity index is 2070. The van der Waals surface area contributed by atoms with Crippen LogP contribution in [0.5, 0.6) is 5.88 Å². The van der Waals surface area contributed by atoms with Crippen LogP contribution in [0.4, 0.5) is 0 Å². The highest BCUT2D eigenvalue weighted by molar-refractivity contribution is 7.88. The topological polar surface area (TPSA) is 159 Å². The smallest absolute Gasteiger partial charge is 0.330 e. The normalized spacial score (nSPS) is 13.9. The third-order valence-corrected chi connectivity index (χ3v) is 9.17. The molecule has 0 bridgehead atoms. The van der Waals surface area contributed by atoms with Crippen LogP contribution >= 0.6 is 23.2 Å². The number of pyridine rings is 1. The molecule has 3 heterocycles. The zero-order valence-corrected chi connectivity index (χ0v) is 27.1. The van der Waals surface area contributed by atoms with Crippen LogP contribution in [-0.4, -0.2) is 65.8 Å². The predicted molar refractivity (Wildman–Crippen MR) is 173 cm³/mol. The van der Waals surface area contributed by atoms with E-state index in [1.807, 2.05) is 12.1 Å². The molecule has 15 heteroatoms. The minimum atomic E-state index is -3.27. The zero-order chi connectivity index (χ0) is 32.8. The number of nitrogens with zero attached hydrogens (tertiary/aromatic N) is 4. The molecule has 1 aliphatic rings. The fourth-order valence-electron chi connectivity index (χ4n) is 5.48. The van der Waals surface area contributed by atoms with Crippen LogP contribution in [0.1, 0.15) is 15.9 Å². The summed E-state index contributed by atoms with van der Waals surface area (Å²) in [6, 6.07) is 13.9. The molecule has 0 saturated carbocycles. The van der Waals surface area contributed by atoms with E-state index in [2.05, 4.69) is 9.62 Å². The summed E-state index contributed by atoms with van der Waals surface area (Å²) >= 11 is 13.9. The van der Waals surface area contributed by atoms with Crippen molar-refractivity contribution in [1.82, 2.24) is 23.7 Å². The number of ether oxygens (including phenoxy) is 1. The third kappa shape index (κ3) is 6.26. The molecule has 0 spiro atoms. The molecule has 1 aliphatic heterocycles. The second kappa shape index (κ2) is 12.4. The standard InChI is InChI=1S/C30H30Cl2N6O6S/c1-36-26(23(27(33)39)29(40)37(2)30(36)41)21-10-6-8-19(25(21)32)18-7-5-9-20(24(18)31)22-12-11-16(28(34-22)44-3)13-38-14-17(15-38)35-45(4,42)43/h5-12,17,35H,13-15H2,1-4H3,(H2,33,39). The van der Waals surface area contributed by atoms with Crippen LogP contribution in [0.2, 0.25) is 10.0 Å². The summed E-state index contributed by atoms with van der Waals surface area (Å²) in [6.07, 6.45) is 1.14. The van der Waals surface area contributed by atoms with Gasteiger partial charge in [-0.1, -0.05) is 65.7 Å². The molecule has 1 fully saturated rings. The van der Waals surface area contributed by atoms with Crippen LogP contribution < -0.4 is 26.4 Å². The number of amides is 1. The SMILES string of the molecule is COc1nc(-c2cccc(-c3cccc(-c4c(C(N)=O)c(=O)n(C)c(=O)n4C)c3Cl)c2Cl)ccc1CN1CC(NS(C)(=O)=O)C1. The number of halogens is 2. The highest BCUT2D eigenvalue weighted by atomic mass is 35.5. The monoisotopic (exact) mass is 672 g/mol. The summed E-state index contributed by atoms with van der Waals surface area (Å²) in [5.41, 5.74) is 6.98. The Labute approximate surface area is 269 Å². The maximum atomic E-state index is 12.9. The number of carbonyl (C=O) groups excluding carboxylic acids is 1. The summed E-state index contributed by atoms with van der Waals surface area (Å²) in [4.78, 5) is 44.8. The van der Waals surface area contributed by atoms with Gasteiger partial charge in [0.25, 0.3) is 11.5 Å². The van der Waals surface area contributed by atoms with Crippen molar-refractivity contribution in [3.63, 3.8) is 0 Å². The van der Waals surface area contributed by atoms with Gasteiger partial charge in [0.2, 0.25) is 15.9 Å². The molecule has 0 unspecified atom stereocenters.